The second-order valence-electron chi connectivity index (χ2n) is 13.2. The van der Waals surface area contributed by atoms with E-state index in [0.29, 0.717) is 56.3 Å². The molecule has 1 saturated carbocycles. The number of carboxylic acids is 1. The van der Waals surface area contributed by atoms with Crippen LogP contribution in [0.15, 0.2) is 42.6 Å². The number of benzene rings is 1. The minimum atomic E-state index is -4.74. The smallest absolute Gasteiger partial charge is 0.418 e. The maximum absolute atomic E-state index is 14.0. The zero-order valence-corrected chi connectivity index (χ0v) is 26.8. The van der Waals surface area contributed by atoms with Gasteiger partial charge < -0.3 is 24.7 Å². The van der Waals surface area contributed by atoms with Crippen LogP contribution in [0.1, 0.15) is 99.2 Å². The van der Waals surface area contributed by atoms with E-state index in [1.165, 1.54) is 11.1 Å². The quantitative estimate of drug-likeness (QED) is 0.319. The third-order valence-corrected chi connectivity index (χ3v) is 10.4. The van der Waals surface area contributed by atoms with Crippen LogP contribution in [-0.2, 0) is 21.4 Å². The lowest BCUT2D eigenvalue weighted by Crippen LogP contribution is -2.55. The summed E-state index contributed by atoms with van der Waals surface area (Å²) in [6.07, 6.45) is 2.41. The summed E-state index contributed by atoms with van der Waals surface area (Å²) >= 11 is 0. The number of rotatable bonds is 10. The van der Waals surface area contributed by atoms with Crippen molar-refractivity contribution in [3.63, 3.8) is 0 Å². The highest BCUT2D eigenvalue weighted by Gasteiger charge is 2.45. The minimum absolute atomic E-state index is 0.167. The summed E-state index contributed by atoms with van der Waals surface area (Å²) in [7, 11) is 0. The molecule has 12 heteroatoms. The number of nitrogens with zero attached hydrogens (tertiary/aromatic N) is 3. The summed E-state index contributed by atoms with van der Waals surface area (Å²) in [6.45, 7) is 2.88. The Morgan fingerprint density at radius 3 is 2.36 bits per heavy atom. The number of amides is 2. The van der Waals surface area contributed by atoms with Gasteiger partial charge in [0.1, 0.15) is 11.4 Å². The van der Waals surface area contributed by atoms with Crippen LogP contribution in [-0.4, -0.2) is 75.1 Å². The van der Waals surface area contributed by atoms with E-state index in [2.05, 4.69) is 4.98 Å². The van der Waals surface area contributed by atoms with Crippen molar-refractivity contribution in [1.82, 2.24) is 14.8 Å². The first kappa shape index (κ1) is 34.7. The fourth-order valence-corrected chi connectivity index (χ4v) is 7.75. The van der Waals surface area contributed by atoms with Gasteiger partial charge in [-0.2, -0.15) is 13.2 Å². The van der Waals surface area contributed by atoms with E-state index < -0.39 is 52.3 Å². The van der Waals surface area contributed by atoms with E-state index in [4.69, 9.17) is 4.74 Å². The number of halogens is 3. The number of aliphatic hydroxyl groups is 1. The molecule has 0 bridgehead atoms. The van der Waals surface area contributed by atoms with Gasteiger partial charge in [-0.25, -0.2) is 0 Å². The van der Waals surface area contributed by atoms with Crippen LogP contribution in [0.25, 0.3) is 0 Å². The van der Waals surface area contributed by atoms with Gasteiger partial charge in [0.15, 0.2) is 0 Å². The molecule has 0 spiro atoms. The third kappa shape index (κ3) is 7.27. The normalized spacial score (nSPS) is 22.6. The number of aromatic nitrogens is 1. The molecular weight excluding hydrogens is 615 g/mol. The molecule has 2 unspecified atom stereocenters. The molecule has 3 fully saturated rings. The van der Waals surface area contributed by atoms with Gasteiger partial charge in [0.25, 0.3) is 5.91 Å². The van der Waals surface area contributed by atoms with E-state index in [1.807, 2.05) is 13.0 Å². The Bertz CT molecular complexity index is 1440. The Morgan fingerprint density at radius 2 is 1.70 bits per heavy atom. The zero-order chi connectivity index (χ0) is 33.8. The summed E-state index contributed by atoms with van der Waals surface area (Å²) in [5.74, 6) is -1.87. The molecule has 2 aliphatic heterocycles. The Labute approximate surface area is 273 Å². The number of alkyl halides is 3. The van der Waals surface area contributed by atoms with Gasteiger partial charge in [-0.05, 0) is 69.6 Å². The van der Waals surface area contributed by atoms with Crippen molar-refractivity contribution in [3.05, 3.63) is 59.4 Å². The number of likely N-dealkylation sites (tertiary alicyclic amines) is 2. The first-order valence-corrected chi connectivity index (χ1v) is 16.7. The maximum atomic E-state index is 14.0. The summed E-state index contributed by atoms with van der Waals surface area (Å²) < 4.78 is 47.3. The molecule has 1 aromatic heterocycles. The molecule has 1 aliphatic carbocycles. The SMILES string of the molecule is CCCC1C(C(=O)N2CCC(O)(c3ccccc3OCCC3(C(=O)O)CCCC3)CC2)CCCN1C(=O)c1ncccc1C(F)(F)F. The Balaban J connectivity index is 1.26. The van der Waals surface area contributed by atoms with E-state index in [1.54, 1.807) is 23.1 Å². The fourth-order valence-electron chi connectivity index (χ4n) is 7.75. The van der Waals surface area contributed by atoms with Crippen molar-refractivity contribution in [2.45, 2.75) is 95.4 Å². The summed E-state index contributed by atoms with van der Waals surface area (Å²) in [5.41, 5.74) is -3.19. The average molecular weight is 660 g/mol. The minimum Gasteiger partial charge on any atom is -0.493 e. The van der Waals surface area contributed by atoms with E-state index >= 15 is 0 Å². The Kier molecular flexibility index (Phi) is 10.5. The number of carbonyl (C=O) groups excluding carboxylic acids is 2. The van der Waals surface area contributed by atoms with Crippen LogP contribution in [0.4, 0.5) is 13.2 Å². The van der Waals surface area contributed by atoms with Crippen LogP contribution < -0.4 is 4.74 Å². The number of carbonyl (C=O) groups is 3. The summed E-state index contributed by atoms with van der Waals surface area (Å²) in [4.78, 5) is 46.4. The molecule has 2 N–H and O–H groups in total. The first-order chi connectivity index (χ1) is 22.4. The van der Waals surface area contributed by atoms with Crippen molar-refractivity contribution in [2.24, 2.45) is 11.3 Å². The van der Waals surface area contributed by atoms with Crippen molar-refractivity contribution >= 4 is 17.8 Å². The molecular formula is C35H44F3N3O6. The number of hydrogen-bond acceptors (Lipinski definition) is 6. The molecule has 2 amide bonds. The van der Waals surface area contributed by atoms with Gasteiger partial charge in [-0.3, -0.25) is 19.4 Å². The highest BCUT2D eigenvalue weighted by atomic mass is 19.4. The standard InChI is InChI=1S/C35H44F3N3O6/c1-2-9-27-24(10-8-20-41(27)31(43)29-26(35(36,37)38)12-7-19-39-29)30(42)40-21-16-34(46,17-22-40)25-11-3-4-13-28(25)47-23-18-33(32(44)45)14-5-6-15-33/h3-4,7,11-13,19,24,27,46H,2,5-6,8-10,14-18,20-23H2,1H3,(H,44,45). The number of hydrogen-bond donors (Lipinski definition) is 2. The van der Waals surface area contributed by atoms with Crippen molar-refractivity contribution in [2.75, 3.05) is 26.2 Å². The molecule has 47 heavy (non-hydrogen) atoms. The second-order valence-corrected chi connectivity index (χ2v) is 13.2. The number of para-hydroxylation sites is 1. The van der Waals surface area contributed by atoms with Crippen molar-refractivity contribution in [3.8, 4) is 5.75 Å². The lowest BCUT2D eigenvalue weighted by molar-refractivity contribution is -0.149. The Morgan fingerprint density at radius 1 is 1.00 bits per heavy atom. The first-order valence-electron chi connectivity index (χ1n) is 16.7. The zero-order valence-electron chi connectivity index (χ0n) is 26.8. The molecule has 2 saturated heterocycles. The molecule has 9 nitrogen and oxygen atoms in total. The molecule has 2 aromatic rings. The predicted molar refractivity (Wildman–Crippen MR) is 166 cm³/mol. The average Bonchev–Trinajstić information content (AvgIpc) is 3.55. The molecule has 256 valence electrons. The molecule has 1 aromatic carbocycles. The lowest BCUT2D eigenvalue weighted by Gasteiger charge is -2.45. The highest BCUT2D eigenvalue weighted by Crippen LogP contribution is 2.43. The number of aliphatic carboxylic acids is 1. The molecule has 3 aliphatic rings. The van der Waals surface area contributed by atoms with Gasteiger partial charge in [-0.15, -0.1) is 0 Å². The third-order valence-electron chi connectivity index (χ3n) is 10.4. The molecule has 2 atom stereocenters. The number of piperidine rings is 2. The molecule has 5 rings (SSSR count). The second kappa shape index (κ2) is 14.2. The monoisotopic (exact) mass is 659 g/mol. The van der Waals surface area contributed by atoms with E-state index in [0.717, 1.165) is 25.0 Å². The van der Waals surface area contributed by atoms with E-state index in [9.17, 15) is 37.8 Å². The van der Waals surface area contributed by atoms with Gasteiger partial charge in [0, 0.05) is 37.4 Å². The maximum Gasteiger partial charge on any atom is 0.418 e. The van der Waals surface area contributed by atoms with Gasteiger partial charge >= 0.3 is 12.1 Å². The van der Waals surface area contributed by atoms with Crippen LogP contribution in [0.5, 0.6) is 5.75 Å². The number of ether oxygens (including phenoxy) is 1. The Hall–Kier alpha value is -3.67. The van der Waals surface area contributed by atoms with Crippen molar-refractivity contribution in [1.29, 1.82) is 0 Å². The highest BCUT2D eigenvalue weighted by molar-refractivity contribution is 5.95. The van der Waals surface area contributed by atoms with Crippen LogP contribution >= 0.6 is 0 Å². The molecule has 0 radical (unpaired) electrons. The van der Waals surface area contributed by atoms with Gasteiger partial charge in [0.2, 0.25) is 5.91 Å². The number of carboxylic acid groups (broad SMARTS) is 1. The van der Waals surface area contributed by atoms with Crippen molar-refractivity contribution < 1.29 is 42.5 Å². The largest absolute Gasteiger partial charge is 0.493 e. The van der Waals surface area contributed by atoms with Gasteiger partial charge in [-0.1, -0.05) is 44.4 Å². The van der Waals surface area contributed by atoms with Gasteiger partial charge in [0.05, 0.1) is 29.1 Å². The van der Waals surface area contributed by atoms with Crippen LogP contribution in [0.2, 0.25) is 0 Å². The van der Waals surface area contributed by atoms with Crippen LogP contribution in [0, 0.1) is 11.3 Å². The summed E-state index contributed by atoms with van der Waals surface area (Å²) in [6, 6.07) is 8.60. The molecule has 3 heterocycles. The predicted octanol–water partition coefficient (Wildman–Crippen LogP) is 6.05. The lowest BCUT2D eigenvalue weighted by atomic mass is 9.81. The van der Waals surface area contributed by atoms with Crippen LogP contribution in [0.3, 0.4) is 0 Å². The fraction of sp³-hybridized carbons (Fsp3) is 0.600. The number of pyridine rings is 1. The summed E-state index contributed by atoms with van der Waals surface area (Å²) in [5, 5.41) is 21.6. The topological polar surface area (TPSA) is 120 Å². The van der Waals surface area contributed by atoms with E-state index in [-0.39, 0.29) is 45.0 Å².